The predicted molar refractivity (Wildman–Crippen MR) is 83.5 cm³/mol. The molecule has 0 aliphatic carbocycles. The molecule has 1 aromatic carbocycles. The van der Waals surface area contributed by atoms with Gasteiger partial charge in [-0.1, -0.05) is 23.7 Å². The van der Waals surface area contributed by atoms with Gasteiger partial charge in [-0.2, -0.15) is 0 Å². The van der Waals surface area contributed by atoms with Crippen LogP contribution in [0.2, 0.25) is 4.34 Å². The van der Waals surface area contributed by atoms with Crippen molar-refractivity contribution in [3.05, 3.63) is 40.7 Å². The molecule has 110 valence electrons. The van der Waals surface area contributed by atoms with E-state index in [9.17, 15) is 13.2 Å². The van der Waals surface area contributed by atoms with Crippen LogP contribution in [-0.2, 0) is 14.8 Å². The molecule has 1 aliphatic heterocycles. The minimum atomic E-state index is -3.73. The lowest BCUT2D eigenvalue weighted by Crippen LogP contribution is -2.31. The lowest BCUT2D eigenvalue weighted by Gasteiger charge is -2.22. The van der Waals surface area contributed by atoms with Gasteiger partial charge in [0.15, 0.2) is 0 Å². The molecule has 2 aromatic rings. The average molecular weight is 343 g/mol. The second kappa shape index (κ2) is 5.32. The number of rotatable bonds is 2. The Morgan fingerprint density at radius 1 is 1.19 bits per heavy atom. The van der Waals surface area contributed by atoms with Crippen LogP contribution in [0.4, 0.5) is 11.4 Å². The summed E-state index contributed by atoms with van der Waals surface area (Å²) >= 11 is 6.83. The molecule has 0 bridgehead atoms. The van der Waals surface area contributed by atoms with Crippen molar-refractivity contribution >= 4 is 50.2 Å². The molecule has 8 heteroatoms. The molecule has 0 fully saturated rings. The number of nitrogens with one attached hydrogen (secondary N) is 1. The second-order valence-corrected chi connectivity index (χ2v) is 8.26. The SMILES string of the molecule is O=C1CCN(S(=O)(=O)c2ccc(Cl)s2)c2ccccc2N1. The third-order valence-corrected chi connectivity index (χ3v) is 6.59. The molecule has 0 unspecified atom stereocenters. The first-order chi connectivity index (χ1) is 9.98. The van der Waals surface area contributed by atoms with Crippen LogP contribution < -0.4 is 9.62 Å². The van der Waals surface area contributed by atoms with Gasteiger partial charge in [0, 0.05) is 13.0 Å². The monoisotopic (exact) mass is 342 g/mol. The zero-order valence-electron chi connectivity index (χ0n) is 10.7. The van der Waals surface area contributed by atoms with Gasteiger partial charge < -0.3 is 5.32 Å². The summed E-state index contributed by atoms with van der Waals surface area (Å²) in [5.74, 6) is -0.204. The number of nitrogens with zero attached hydrogens (tertiary/aromatic N) is 1. The number of halogens is 1. The molecule has 2 heterocycles. The molecule has 1 amide bonds. The van der Waals surface area contributed by atoms with Crippen molar-refractivity contribution in [3.8, 4) is 0 Å². The van der Waals surface area contributed by atoms with E-state index < -0.39 is 10.0 Å². The van der Waals surface area contributed by atoms with Crippen LogP contribution in [0.15, 0.2) is 40.6 Å². The van der Waals surface area contributed by atoms with Crippen LogP contribution in [0.3, 0.4) is 0 Å². The van der Waals surface area contributed by atoms with Crippen LogP contribution in [0.1, 0.15) is 6.42 Å². The number of carbonyl (C=O) groups is 1. The number of amides is 1. The lowest BCUT2D eigenvalue weighted by molar-refractivity contribution is -0.115. The number of thiophene rings is 1. The summed E-state index contributed by atoms with van der Waals surface area (Å²) in [6.45, 7) is 0.0979. The number of hydrogen-bond donors (Lipinski definition) is 1. The zero-order valence-corrected chi connectivity index (χ0v) is 13.1. The molecule has 0 spiro atoms. The quantitative estimate of drug-likeness (QED) is 0.912. The molecule has 21 heavy (non-hydrogen) atoms. The Labute approximate surface area is 131 Å². The number of benzene rings is 1. The largest absolute Gasteiger partial charge is 0.324 e. The summed E-state index contributed by atoms with van der Waals surface area (Å²) in [7, 11) is -3.73. The molecule has 3 rings (SSSR count). The maximum absolute atomic E-state index is 12.8. The number of carbonyl (C=O) groups excluding carboxylic acids is 1. The van der Waals surface area contributed by atoms with E-state index in [0.717, 1.165) is 11.3 Å². The van der Waals surface area contributed by atoms with Gasteiger partial charge in [-0.25, -0.2) is 8.42 Å². The molecule has 0 saturated heterocycles. The topological polar surface area (TPSA) is 66.5 Å². The molecule has 1 aromatic heterocycles. The summed E-state index contributed by atoms with van der Waals surface area (Å²) in [4.78, 5) is 11.7. The van der Waals surface area contributed by atoms with Crippen molar-refractivity contribution in [1.29, 1.82) is 0 Å². The Bertz CT molecular complexity index is 801. The third-order valence-electron chi connectivity index (χ3n) is 3.08. The maximum atomic E-state index is 12.8. The van der Waals surface area contributed by atoms with Gasteiger partial charge in [0.2, 0.25) is 5.91 Å². The number of fused-ring (bicyclic) bond motifs is 1. The van der Waals surface area contributed by atoms with Gasteiger partial charge in [0.1, 0.15) is 4.21 Å². The Kier molecular flexibility index (Phi) is 3.64. The van der Waals surface area contributed by atoms with E-state index in [1.807, 2.05) is 0 Å². The van der Waals surface area contributed by atoms with Crippen molar-refractivity contribution in [1.82, 2.24) is 0 Å². The summed E-state index contributed by atoms with van der Waals surface area (Å²) in [6.07, 6.45) is 0.104. The summed E-state index contributed by atoms with van der Waals surface area (Å²) in [5, 5.41) is 2.71. The Balaban J connectivity index is 2.12. The van der Waals surface area contributed by atoms with Gasteiger partial charge in [-0.05, 0) is 24.3 Å². The summed E-state index contributed by atoms with van der Waals surface area (Å²) in [5.41, 5.74) is 0.958. The van der Waals surface area contributed by atoms with E-state index in [-0.39, 0.29) is 23.1 Å². The van der Waals surface area contributed by atoms with Crippen LogP contribution in [0, 0.1) is 0 Å². The summed E-state index contributed by atoms with van der Waals surface area (Å²) in [6, 6.07) is 9.87. The predicted octanol–water partition coefficient (Wildman–Crippen LogP) is 2.94. The van der Waals surface area contributed by atoms with Crippen LogP contribution in [0.25, 0.3) is 0 Å². The van der Waals surface area contributed by atoms with E-state index in [4.69, 9.17) is 11.6 Å². The van der Waals surface area contributed by atoms with Gasteiger partial charge >= 0.3 is 0 Å². The number of hydrogen-bond acceptors (Lipinski definition) is 4. The standard InChI is InChI=1S/C13H11ClN2O3S2/c14-11-5-6-13(20-11)21(18,19)16-8-7-12(17)15-9-3-1-2-4-10(9)16/h1-6H,7-8H2,(H,15,17). The highest BCUT2D eigenvalue weighted by molar-refractivity contribution is 7.94. The van der Waals surface area contributed by atoms with E-state index in [1.165, 1.54) is 10.4 Å². The van der Waals surface area contributed by atoms with E-state index in [1.54, 1.807) is 30.3 Å². The molecule has 0 atom stereocenters. The number of para-hydroxylation sites is 2. The maximum Gasteiger partial charge on any atom is 0.273 e. The minimum Gasteiger partial charge on any atom is -0.324 e. The fourth-order valence-corrected chi connectivity index (χ4v) is 5.21. The van der Waals surface area contributed by atoms with Crippen molar-refractivity contribution in [2.24, 2.45) is 0 Å². The lowest BCUT2D eigenvalue weighted by atomic mass is 10.2. The first-order valence-electron chi connectivity index (χ1n) is 6.15. The Hall–Kier alpha value is -1.57. The van der Waals surface area contributed by atoms with E-state index in [2.05, 4.69) is 5.32 Å². The normalized spacial score (nSPS) is 15.3. The van der Waals surface area contributed by atoms with Gasteiger partial charge in [0.05, 0.1) is 15.7 Å². The molecule has 1 aliphatic rings. The van der Waals surface area contributed by atoms with E-state index in [0.29, 0.717) is 15.7 Å². The van der Waals surface area contributed by atoms with Crippen molar-refractivity contribution in [3.63, 3.8) is 0 Å². The highest BCUT2D eigenvalue weighted by atomic mass is 35.5. The van der Waals surface area contributed by atoms with Crippen LogP contribution >= 0.6 is 22.9 Å². The van der Waals surface area contributed by atoms with Crippen molar-refractivity contribution in [2.75, 3.05) is 16.2 Å². The van der Waals surface area contributed by atoms with Crippen molar-refractivity contribution < 1.29 is 13.2 Å². The minimum absolute atomic E-state index is 0.0979. The molecular formula is C13H11ClN2O3S2. The molecular weight excluding hydrogens is 332 g/mol. The average Bonchev–Trinajstić information content (AvgIpc) is 2.80. The third kappa shape index (κ3) is 2.64. The fraction of sp³-hybridized carbons (Fsp3) is 0.154. The first-order valence-corrected chi connectivity index (χ1v) is 8.79. The Morgan fingerprint density at radius 3 is 2.67 bits per heavy atom. The molecule has 0 saturated carbocycles. The van der Waals surface area contributed by atoms with Crippen LogP contribution in [0.5, 0.6) is 0 Å². The van der Waals surface area contributed by atoms with Crippen molar-refractivity contribution in [2.45, 2.75) is 10.6 Å². The fourth-order valence-electron chi connectivity index (χ4n) is 2.13. The smallest absolute Gasteiger partial charge is 0.273 e. The van der Waals surface area contributed by atoms with Gasteiger partial charge in [-0.3, -0.25) is 9.10 Å². The molecule has 0 radical (unpaired) electrons. The summed E-state index contributed by atoms with van der Waals surface area (Å²) < 4.78 is 27.3. The number of anilines is 2. The highest BCUT2D eigenvalue weighted by Crippen LogP contribution is 2.35. The molecule has 1 N–H and O–H groups in total. The first kappa shape index (κ1) is 14.4. The molecule has 5 nitrogen and oxygen atoms in total. The highest BCUT2D eigenvalue weighted by Gasteiger charge is 2.30. The van der Waals surface area contributed by atoms with Gasteiger partial charge in [-0.15, -0.1) is 11.3 Å². The van der Waals surface area contributed by atoms with Gasteiger partial charge in [0.25, 0.3) is 10.0 Å². The van der Waals surface area contributed by atoms with E-state index >= 15 is 0 Å². The zero-order chi connectivity index (χ0) is 15.0. The Morgan fingerprint density at radius 2 is 1.95 bits per heavy atom. The second-order valence-electron chi connectivity index (χ2n) is 4.45. The number of sulfonamides is 1. The van der Waals surface area contributed by atoms with Crippen LogP contribution in [-0.4, -0.2) is 20.9 Å².